The van der Waals surface area contributed by atoms with Crippen LogP contribution in [0.15, 0.2) is 60.7 Å². The van der Waals surface area contributed by atoms with E-state index in [1.165, 1.54) is 11.1 Å². The van der Waals surface area contributed by atoms with Crippen molar-refractivity contribution < 1.29 is 23.8 Å². The highest BCUT2D eigenvalue weighted by molar-refractivity contribution is 6.64. The first-order chi connectivity index (χ1) is 17.0. The van der Waals surface area contributed by atoms with Crippen LogP contribution in [-0.2, 0) is 23.8 Å². The molecule has 2 fully saturated rings. The van der Waals surface area contributed by atoms with Crippen molar-refractivity contribution >= 4 is 22.8 Å². The molecule has 0 aromatic heterocycles. The molecule has 2 saturated carbocycles. The summed E-state index contributed by atoms with van der Waals surface area (Å²) in [5.74, 6) is 0.790. The number of carbonyl (C=O) groups is 2. The SMILES string of the molecule is C.CCOCCN.CCOCCOC(=O)[C@@H]1C[C@H]1c1ccccc1.O=C(Cl)[C@@H]1C[C@H]1c1ccccc1. The van der Waals surface area contributed by atoms with E-state index in [2.05, 4.69) is 12.1 Å². The number of carbonyl (C=O) groups excluding carboxylic acids is 2. The van der Waals surface area contributed by atoms with E-state index in [0.717, 1.165) is 19.4 Å². The molecule has 0 heterocycles. The Labute approximate surface area is 221 Å². The molecule has 36 heavy (non-hydrogen) atoms. The Morgan fingerprint density at radius 1 is 0.806 bits per heavy atom. The van der Waals surface area contributed by atoms with Gasteiger partial charge in [-0.15, -0.1) is 0 Å². The molecule has 4 rings (SSSR count). The van der Waals surface area contributed by atoms with Gasteiger partial charge in [-0.2, -0.15) is 0 Å². The lowest BCUT2D eigenvalue weighted by molar-refractivity contribution is -0.146. The third-order valence-electron chi connectivity index (χ3n) is 5.77. The highest BCUT2D eigenvalue weighted by Gasteiger charge is 2.45. The number of esters is 1. The van der Waals surface area contributed by atoms with Crippen molar-refractivity contribution in [3.05, 3.63) is 71.8 Å². The third kappa shape index (κ3) is 11.7. The van der Waals surface area contributed by atoms with Crippen LogP contribution in [0.25, 0.3) is 0 Å². The summed E-state index contributed by atoms with van der Waals surface area (Å²) in [5.41, 5.74) is 7.56. The van der Waals surface area contributed by atoms with E-state index in [4.69, 9.17) is 31.5 Å². The van der Waals surface area contributed by atoms with Gasteiger partial charge in [-0.05, 0) is 61.3 Å². The average molecular weight is 520 g/mol. The van der Waals surface area contributed by atoms with Crippen molar-refractivity contribution in [1.29, 1.82) is 0 Å². The zero-order valence-electron chi connectivity index (χ0n) is 20.7. The van der Waals surface area contributed by atoms with Gasteiger partial charge in [-0.1, -0.05) is 68.1 Å². The molecule has 2 aromatic carbocycles. The highest BCUT2D eigenvalue weighted by Crippen LogP contribution is 2.49. The monoisotopic (exact) mass is 519 g/mol. The highest BCUT2D eigenvalue weighted by atomic mass is 35.5. The van der Waals surface area contributed by atoms with E-state index in [1.54, 1.807) is 0 Å². The van der Waals surface area contributed by atoms with Gasteiger partial charge >= 0.3 is 5.97 Å². The molecule has 0 aliphatic heterocycles. The first-order valence-electron chi connectivity index (χ1n) is 12.3. The molecule has 0 spiro atoms. The molecule has 0 unspecified atom stereocenters. The lowest BCUT2D eigenvalue weighted by atomic mass is 10.1. The largest absolute Gasteiger partial charge is 0.463 e. The summed E-state index contributed by atoms with van der Waals surface area (Å²) >= 11 is 5.38. The first-order valence-corrected chi connectivity index (χ1v) is 12.7. The van der Waals surface area contributed by atoms with Gasteiger partial charge in [0.2, 0.25) is 5.24 Å². The molecule has 0 bridgehead atoms. The van der Waals surface area contributed by atoms with Crippen LogP contribution in [0.4, 0.5) is 0 Å². The van der Waals surface area contributed by atoms with Gasteiger partial charge in [0.1, 0.15) is 6.61 Å². The van der Waals surface area contributed by atoms with Crippen molar-refractivity contribution in [2.24, 2.45) is 17.6 Å². The standard InChI is InChI=1S/C14H18O3.C10H9ClO.C4H11NO.CH4/c1-2-16-8-9-17-14(15)13-10-12(13)11-6-4-3-5-7-11;11-10(12)9-6-8(9)7-4-2-1-3-5-7;1-2-6-4-3-5;/h3-7,12-13H,2,8-10H2,1H3;1-5,8-9H,6H2;2-5H2,1H3;1H4/t12-,13+;8-,9+;;/m00../s1. The topological polar surface area (TPSA) is 87.8 Å². The quantitative estimate of drug-likeness (QED) is 0.238. The molecule has 7 heteroatoms. The summed E-state index contributed by atoms with van der Waals surface area (Å²) < 4.78 is 15.1. The number of rotatable bonds is 11. The third-order valence-corrected chi connectivity index (χ3v) is 6.05. The summed E-state index contributed by atoms with van der Waals surface area (Å²) in [6.45, 7) is 7.49. The average Bonchev–Trinajstić information content (AvgIpc) is 3.81. The van der Waals surface area contributed by atoms with Gasteiger partial charge in [-0.25, -0.2) is 0 Å². The minimum absolute atomic E-state index is 0. The maximum atomic E-state index is 11.7. The predicted molar refractivity (Wildman–Crippen MR) is 145 cm³/mol. The van der Waals surface area contributed by atoms with Crippen LogP contribution in [0.3, 0.4) is 0 Å². The molecule has 0 saturated heterocycles. The van der Waals surface area contributed by atoms with Crippen LogP contribution < -0.4 is 5.73 Å². The predicted octanol–water partition coefficient (Wildman–Crippen LogP) is 5.54. The second kappa shape index (κ2) is 18.1. The summed E-state index contributed by atoms with van der Waals surface area (Å²) in [4.78, 5) is 22.4. The van der Waals surface area contributed by atoms with E-state index >= 15 is 0 Å². The van der Waals surface area contributed by atoms with Crippen LogP contribution in [0, 0.1) is 11.8 Å². The number of nitrogens with two attached hydrogens (primary N) is 1. The molecule has 2 N–H and O–H groups in total. The fourth-order valence-electron chi connectivity index (χ4n) is 3.72. The summed E-state index contributed by atoms with van der Waals surface area (Å²) in [7, 11) is 0. The Bertz CT molecular complexity index is 860. The van der Waals surface area contributed by atoms with Crippen molar-refractivity contribution in [2.75, 3.05) is 39.6 Å². The number of ether oxygens (including phenoxy) is 3. The van der Waals surface area contributed by atoms with Crippen molar-refractivity contribution in [2.45, 2.75) is 46.0 Å². The summed E-state index contributed by atoms with van der Waals surface area (Å²) in [6.07, 6.45) is 1.84. The van der Waals surface area contributed by atoms with Crippen LogP contribution in [0.2, 0.25) is 0 Å². The van der Waals surface area contributed by atoms with Gasteiger partial charge in [0, 0.05) is 25.7 Å². The molecular formula is C29H42ClNO5. The number of hydrogen-bond acceptors (Lipinski definition) is 6. The van der Waals surface area contributed by atoms with Gasteiger partial charge in [0.25, 0.3) is 0 Å². The Morgan fingerprint density at radius 2 is 1.28 bits per heavy atom. The second-order valence-electron chi connectivity index (χ2n) is 8.37. The Kier molecular flexibility index (Phi) is 15.9. The molecule has 2 aliphatic carbocycles. The second-order valence-corrected chi connectivity index (χ2v) is 8.75. The van der Waals surface area contributed by atoms with Gasteiger partial charge in [-0.3, -0.25) is 9.59 Å². The molecule has 0 amide bonds. The number of halogens is 1. The normalized spacial score (nSPS) is 20.9. The molecule has 0 radical (unpaired) electrons. The Morgan fingerprint density at radius 3 is 1.69 bits per heavy atom. The van der Waals surface area contributed by atoms with Crippen molar-refractivity contribution in [3.8, 4) is 0 Å². The molecule has 2 aromatic rings. The van der Waals surface area contributed by atoms with E-state index in [0.29, 0.717) is 44.8 Å². The van der Waals surface area contributed by atoms with Gasteiger partial charge in [0.05, 0.1) is 19.1 Å². The van der Waals surface area contributed by atoms with Crippen LogP contribution in [0.1, 0.15) is 57.1 Å². The minimum Gasteiger partial charge on any atom is -0.463 e. The minimum atomic E-state index is -0.191. The van der Waals surface area contributed by atoms with Crippen LogP contribution in [0.5, 0.6) is 0 Å². The zero-order valence-corrected chi connectivity index (χ0v) is 21.5. The summed E-state index contributed by atoms with van der Waals surface area (Å²) in [6, 6.07) is 20.2. The van der Waals surface area contributed by atoms with Crippen molar-refractivity contribution in [1.82, 2.24) is 0 Å². The van der Waals surface area contributed by atoms with E-state index in [1.807, 2.05) is 62.4 Å². The number of benzene rings is 2. The van der Waals surface area contributed by atoms with E-state index < -0.39 is 0 Å². The summed E-state index contributed by atoms with van der Waals surface area (Å²) in [5, 5.41) is -0.191. The van der Waals surface area contributed by atoms with Gasteiger partial charge in [0.15, 0.2) is 0 Å². The Balaban J connectivity index is 0.000000298. The first kappa shape index (κ1) is 31.8. The van der Waals surface area contributed by atoms with E-state index in [-0.39, 0.29) is 30.5 Å². The molecule has 200 valence electrons. The molecule has 6 nitrogen and oxygen atoms in total. The van der Waals surface area contributed by atoms with Crippen molar-refractivity contribution in [3.63, 3.8) is 0 Å². The zero-order chi connectivity index (χ0) is 25.5. The van der Waals surface area contributed by atoms with E-state index in [9.17, 15) is 9.59 Å². The molecular weight excluding hydrogens is 478 g/mol. The van der Waals surface area contributed by atoms with Crippen LogP contribution >= 0.6 is 11.6 Å². The van der Waals surface area contributed by atoms with Crippen LogP contribution in [-0.4, -0.2) is 50.8 Å². The molecule has 4 atom stereocenters. The number of hydrogen-bond donors (Lipinski definition) is 1. The van der Waals surface area contributed by atoms with Gasteiger partial charge < -0.3 is 19.9 Å². The fraction of sp³-hybridized carbons (Fsp3) is 0.517. The fourth-order valence-corrected chi connectivity index (χ4v) is 3.96. The Hall–Kier alpha value is -2.25. The maximum Gasteiger partial charge on any atom is 0.309 e. The molecule has 2 aliphatic rings. The maximum absolute atomic E-state index is 11.7. The lowest BCUT2D eigenvalue weighted by Crippen LogP contribution is -2.12. The lowest BCUT2D eigenvalue weighted by Gasteiger charge is -2.04. The smallest absolute Gasteiger partial charge is 0.309 e.